The highest BCUT2D eigenvalue weighted by atomic mass is 19.3. The van der Waals surface area contributed by atoms with Crippen LogP contribution in [0.1, 0.15) is 11.1 Å². The molecule has 1 aliphatic carbocycles. The van der Waals surface area contributed by atoms with Gasteiger partial charge in [0, 0.05) is 0 Å². The average Bonchev–Trinajstić information content (AvgIpc) is 2.34. The molecule has 18 heavy (non-hydrogen) atoms. The zero-order chi connectivity index (χ0) is 13.6. The van der Waals surface area contributed by atoms with Crippen LogP contribution in [0.5, 0.6) is 0 Å². The Morgan fingerprint density at radius 2 is 1.78 bits per heavy atom. The minimum absolute atomic E-state index is 0.392. The number of aryl methyl sites for hydroxylation is 1. The van der Waals surface area contributed by atoms with Crippen LogP contribution in [0.2, 0.25) is 0 Å². The summed E-state index contributed by atoms with van der Waals surface area (Å²) in [5.74, 6) is -13.2. The van der Waals surface area contributed by atoms with Gasteiger partial charge in [0.2, 0.25) is 11.7 Å². The van der Waals surface area contributed by atoms with E-state index in [2.05, 4.69) is 4.74 Å². The maximum Gasteiger partial charge on any atom is 0.365 e. The first-order valence-corrected chi connectivity index (χ1v) is 5.11. The van der Waals surface area contributed by atoms with Crippen molar-refractivity contribution < 1.29 is 26.7 Å². The van der Waals surface area contributed by atoms with Crippen LogP contribution in [0.4, 0.5) is 22.0 Å². The lowest BCUT2D eigenvalue weighted by molar-refractivity contribution is -0.288. The zero-order valence-corrected chi connectivity index (χ0v) is 9.31. The molecule has 0 fully saturated rings. The van der Waals surface area contributed by atoms with Gasteiger partial charge in [-0.15, -0.1) is 0 Å². The highest BCUT2D eigenvalue weighted by Crippen LogP contribution is 2.56. The van der Waals surface area contributed by atoms with Crippen molar-refractivity contribution >= 4 is 0 Å². The van der Waals surface area contributed by atoms with Gasteiger partial charge in [0.15, 0.2) is 0 Å². The maximum absolute atomic E-state index is 13.5. The third-order valence-electron chi connectivity index (χ3n) is 2.67. The summed E-state index contributed by atoms with van der Waals surface area (Å²) in [7, 11) is 0. The van der Waals surface area contributed by atoms with Crippen molar-refractivity contribution in [1.82, 2.24) is 0 Å². The molecular formula is C12H9F5O. The lowest BCUT2D eigenvalue weighted by Gasteiger charge is -2.38. The molecule has 2 rings (SSSR count). The number of benzene rings is 1. The summed E-state index contributed by atoms with van der Waals surface area (Å²) < 4.78 is 68.5. The molecule has 0 aromatic heterocycles. The van der Waals surface area contributed by atoms with E-state index in [1.807, 2.05) is 0 Å². The standard InChI is InChI=1S/C12H9F5O/c1-7-3-2-4-8(5-7)6-18-12(17)10(14)9(13)11(12,15)16/h2-5H,6H2,1H3. The number of alkyl halides is 3. The van der Waals surface area contributed by atoms with Gasteiger partial charge in [-0.25, -0.2) is 8.78 Å². The van der Waals surface area contributed by atoms with Crippen LogP contribution in [0.3, 0.4) is 0 Å². The molecule has 98 valence electrons. The summed E-state index contributed by atoms with van der Waals surface area (Å²) in [6, 6.07) is 6.43. The van der Waals surface area contributed by atoms with E-state index < -0.39 is 30.0 Å². The molecule has 0 heterocycles. The monoisotopic (exact) mass is 264 g/mol. The van der Waals surface area contributed by atoms with Gasteiger partial charge < -0.3 is 4.74 Å². The van der Waals surface area contributed by atoms with Crippen LogP contribution in [0.25, 0.3) is 0 Å². The number of halogens is 5. The molecule has 0 bridgehead atoms. The predicted octanol–water partition coefficient (Wildman–Crippen LogP) is 3.98. The average molecular weight is 264 g/mol. The highest BCUT2D eigenvalue weighted by molar-refractivity contribution is 5.35. The molecule has 0 N–H and O–H groups in total. The Balaban J connectivity index is 2.13. The van der Waals surface area contributed by atoms with Crippen LogP contribution in [-0.4, -0.2) is 11.8 Å². The molecular weight excluding hydrogens is 255 g/mol. The smallest absolute Gasteiger partial charge is 0.331 e. The Kier molecular flexibility index (Phi) is 2.93. The van der Waals surface area contributed by atoms with Gasteiger partial charge in [0.05, 0.1) is 6.61 Å². The topological polar surface area (TPSA) is 9.23 Å². The summed E-state index contributed by atoms with van der Waals surface area (Å²) in [5.41, 5.74) is 1.20. The van der Waals surface area contributed by atoms with Crippen molar-refractivity contribution in [2.45, 2.75) is 25.3 Å². The molecule has 0 saturated carbocycles. The molecule has 1 atom stereocenters. The lowest BCUT2D eigenvalue weighted by Crippen LogP contribution is -2.56. The van der Waals surface area contributed by atoms with Crippen molar-refractivity contribution in [3.63, 3.8) is 0 Å². The summed E-state index contributed by atoms with van der Waals surface area (Å²) >= 11 is 0. The van der Waals surface area contributed by atoms with E-state index in [-0.39, 0.29) is 0 Å². The third kappa shape index (κ3) is 1.71. The first-order valence-electron chi connectivity index (χ1n) is 5.11. The summed E-state index contributed by atoms with van der Waals surface area (Å²) in [6.45, 7) is 1.17. The van der Waals surface area contributed by atoms with Crippen LogP contribution >= 0.6 is 0 Å². The van der Waals surface area contributed by atoms with Crippen LogP contribution < -0.4 is 0 Å². The summed E-state index contributed by atoms with van der Waals surface area (Å²) in [5, 5.41) is 0. The van der Waals surface area contributed by atoms with E-state index in [0.717, 1.165) is 5.56 Å². The highest BCUT2D eigenvalue weighted by Gasteiger charge is 2.74. The van der Waals surface area contributed by atoms with Crippen molar-refractivity contribution in [2.75, 3.05) is 0 Å². The molecule has 0 saturated heterocycles. The maximum atomic E-state index is 13.5. The van der Waals surface area contributed by atoms with E-state index in [9.17, 15) is 22.0 Å². The Labute approximate surface area is 99.9 Å². The van der Waals surface area contributed by atoms with Gasteiger partial charge in [-0.2, -0.15) is 13.2 Å². The van der Waals surface area contributed by atoms with Crippen molar-refractivity contribution in [3.05, 3.63) is 47.0 Å². The molecule has 1 nitrogen and oxygen atoms in total. The molecule has 1 aromatic carbocycles. The van der Waals surface area contributed by atoms with Gasteiger partial charge in [-0.1, -0.05) is 29.8 Å². The summed E-state index contributed by atoms with van der Waals surface area (Å²) in [6.07, 6.45) is 0. The molecule has 0 spiro atoms. The van der Waals surface area contributed by atoms with Crippen LogP contribution in [0, 0.1) is 6.92 Å². The van der Waals surface area contributed by atoms with E-state index in [1.165, 1.54) is 6.07 Å². The SMILES string of the molecule is Cc1cccc(COC2(F)C(F)=C(F)C2(F)F)c1. The van der Waals surface area contributed by atoms with Crippen molar-refractivity contribution in [1.29, 1.82) is 0 Å². The van der Waals surface area contributed by atoms with E-state index in [1.54, 1.807) is 25.1 Å². The third-order valence-corrected chi connectivity index (χ3v) is 2.67. The van der Waals surface area contributed by atoms with Gasteiger partial charge in [-0.3, -0.25) is 0 Å². The second-order valence-corrected chi connectivity index (χ2v) is 4.08. The van der Waals surface area contributed by atoms with E-state index >= 15 is 0 Å². The predicted molar refractivity (Wildman–Crippen MR) is 54.0 cm³/mol. The van der Waals surface area contributed by atoms with Crippen molar-refractivity contribution in [2.24, 2.45) is 0 Å². The fourth-order valence-electron chi connectivity index (χ4n) is 1.63. The quantitative estimate of drug-likeness (QED) is 0.750. The Morgan fingerprint density at radius 3 is 2.33 bits per heavy atom. The first kappa shape index (κ1) is 13.0. The van der Waals surface area contributed by atoms with E-state index in [4.69, 9.17) is 0 Å². The zero-order valence-electron chi connectivity index (χ0n) is 9.31. The first-order chi connectivity index (χ1) is 8.29. The van der Waals surface area contributed by atoms with Gasteiger partial charge in [0.1, 0.15) is 0 Å². The number of hydrogen-bond acceptors (Lipinski definition) is 1. The summed E-state index contributed by atoms with van der Waals surface area (Å²) in [4.78, 5) is 0. The Morgan fingerprint density at radius 1 is 1.11 bits per heavy atom. The van der Waals surface area contributed by atoms with Crippen LogP contribution in [-0.2, 0) is 11.3 Å². The fourth-order valence-corrected chi connectivity index (χ4v) is 1.63. The minimum atomic E-state index is -4.57. The normalized spacial score (nSPS) is 26.1. The number of hydrogen-bond donors (Lipinski definition) is 0. The Bertz CT molecular complexity index is 511. The van der Waals surface area contributed by atoms with E-state index in [0.29, 0.717) is 5.56 Å². The molecule has 1 aliphatic rings. The second kappa shape index (κ2) is 4.05. The Hall–Kier alpha value is -1.43. The van der Waals surface area contributed by atoms with Gasteiger partial charge in [0.25, 0.3) is 0 Å². The lowest BCUT2D eigenvalue weighted by atomic mass is 9.95. The van der Waals surface area contributed by atoms with Gasteiger partial charge >= 0.3 is 11.8 Å². The number of rotatable bonds is 3. The fraction of sp³-hybridized carbons (Fsp3) is 0.333. The van der Waals surface area contributed by atoms with Crippen molar-refractivity contribution in [3.8, 4) is 0 Å². The molecule has 1 aromatic rings. The van der Waals surface area contributed by atoms with Crippen LogP contribution in [0.15, 0.2) is 35.9 Å². The van der Waals surface area contributed by atoms with Gasteiger partial charge in [-0.05, 0) is 12.5 Å². The molecule has 0 amide bonds. The minimum Gasteiger partial charge on any atom is -0.331 e. The molecule has 6 heteroatoms. The molecule has 1 unspecified atom stereocenters. The number of ether oxygens (including phenoxy) is 1. The largest absolute Gasteiger partial charge is 0.365 e. The second-order valence-electron chi connectivity index (χ2n) is 4.08. The molecule has 0 aliphatic heterocycles. The molecule has 0 radical (unpaired) electrons.